The molecule has 0 heterocycles. The summed E-state index contributed by atoms with van der Waals surface area (Å²) in [5, 5.41) is 0. The fraction of sp³-hybridized carbons (Fsp3) is 0.733. The minimum absolute atomic E-state index is 0. The SMILES string of the molecule is C1=CC2CCC(CC3CCCCC3)C2C=C1.CC1C(C)C(C)C(C)C1C.[CH3-].[CH3-].[CH3-].[CH3-].[Hf+4]. The molecule has 0 saturated heterocycles. The molecule has 0 radical (unpaired) electrons. The Kier molecular flexibility index (Phi) is 19.6. The van der Waals surface area contributed by atoms with Gasteiger partial charge in [-0.2, -0.15) is 0 Å². The summed E-state index contributed by atoms with van der Waals surface area (Å²) in [5.41, 5.74) is 0. The minimum Gasteiger partial charge on any atom is -0.358 e. The molecule has 0 aromatic rings. The monoisotopic (exact) mass is 596 g/mol. The van der Waals surface area contributed by atoms with Crippen molar-refractivity contribution in [2.24, 2.45) is 53.3 Å². The summed E-state index contributed by atoms with van der Waals surface area (Å²) in [5.74, 6) is 8.53. The first-order valence-corrected chi connectivity index (χ1v) is 11.8. The fourth-order valence-corrected chi connectivity index (χ4v) is 6.58. The predicted octanol–water partition coefficient (Wildman–Crippen LogP) is 9.70. The maximum Gasteiger partial charge on any atom is 4.00 e. The van der Waals surface area contributed by atoms with Crippen molar-refractivity contribution in [1.82, 2.24) is 0 Å². The molecule has 0 spiro atoms. The zero-order valence-corrected chi connectivity index (χ0v) is 26.3. The standard InChI is InChI=1S/C16H24.C10H20.4CH3.Hf/c1-2-6-13(7-3-1)12-15-11-10-14-8-4-5-9-16(14)15;1-6-7(2)9(4)10(5)8(6)3;;;;;/h4-5,8-9,13-16H,1-3,6-7,10-12H2;6-10H,1-5H3;4*1H3;/q;;4*-1;+4. The molecule has 0 aromatic heterocycles. The number of hydrogen-bond donors (Lipinski definition) is 0. The van der Waals surface area contributed by atoms with Crippen molar-refractivity contribution < 1.29 is 25.8 Å². The molecule has 4 rings (SSSR count). The van der Waals surface area contributed by atoms with E-state index in [1.165, 1.54) is 51.4 Å². The molecule has 4 aliphatic carbocycles. The van der Waals surface area contributed by atoms with Crippen LogP contribution in [0, 0.1) is 83.0 Å². The van der Waals surface area contributed by atoms with Crippen LogP contribution in [0.2, 0.25) is 0 Å². The van der Waals surface area contributed by atoms with E-state index >= 15 is 0 Å². The molecule has 3 atom stereocenters. The van der Waals surface area contributed by atoms with E-state index < -0.39 is 0 Å². The first kappa shape index (κ1) is 35.9. The van der Waals surface area contributed by atoms with Crippen LogP contribution >= 0.6 is 0 Å². The first-order valence-electron chi connectivity index (χ1n) is 11.8. The molecule has 0 aliphatic heterocycles. The van der Waals surface area contributed by atoms with E-state index in [2.05, 4.69) is 58.9 Å². The molecule has 1 heteroatoms. The van der Waals surface area contributed by atoms with Gasteiger partial charge in [-0.15, -0.1) is 0 Å². The van der Waals surface area contributed by atoms with Gasteiger partial charge in [0.25, 0.3) is 0 Å². The van der Waals surface area contributed by atoms with Gasteiger partial charge in [0, 0.05) is 0 Å². The van der Waals surface area contributed by atoms with Crippen LogP contribution < -0.4 is 0 Å². The van der Waals surface area contributed by atoms with Crippen molar-refractivity contribution in [3.63, 3.8) is 0 Å². The average Bonchev–Trinajstić information content (AvgIpc) is 3.15. The summed E-state index contributed by atoms with van der Waals surface area (Å²) in [6.07, 6.45) is 21.5. The van der Waals surface area contributed by atoms with Crippen LogP contribution in [0.4, 0.5) is 0 Å². The van der Waals surface area contributed by atoms with E-state index in [0.717, 1.165) is 53.3 Å². The Morgan fingerprint density at radius 1 is 0.581 bits per heavy atom. The zero-order chi connectivity index (χ0) is 18.7. The summed E-state index contributed by atoms with van der Waals surface area (Å²) >= 11 is 0. The predicted molar refractivity (Wildman–Crippen MR) is 141 cm³/mol. The number of fused-ring (bicyclic) bond motifs is 1. The molecule has 0 bridgehead atoms. The van der Waals surface area contributed by atoms with Gasteiger partial charge in [0.1, 0.15) is 0 Å². The van der Waals surface area contributed by atoms with E-state index in [0.29, 0.717) is 0 Å². The summed E-state index contributed by atoms with van der Waals surface area (Å²) in [6, 6.07) is 0. The Morgan fingerprint density at radius 3 is 1.52 bits per heavy atom. The molecule has 3 fully saturated rings. The molecule has 0 aromatic carbocycles. The van der Waals surface area contributed by atoms with E-state index in [9.17, 15) is 0 Å². The largest absolute Gasteiger partial charge is 4.00 e. The molecule has 3 saturated carbocycles. The molecule has 4 aliphatic rings. The van der Waals surface area contributed by atoms with Crippen LogP contribution in [0.3, 0.4) is 0 Å². The maximum absolute atomic E-state index is 2.49. The van der Waals surface area contributed by atoms with Gasteiger partial charge in [-0.3, -0.25) is 0 Å². The van der Waals surface area contributed by atoms with Gasteiger partial charge in [0.05, 0.1) is 0 Å². The third-order valence-electron chi connectivity index (χ3n) is 9.22. The Balaban J connectivity index is -0.000000469. The topological polar surface area (TPSA) is 0 Å². The van der Waals surface area contributed by atoms with Crippen molar-refractivity contribution in [1.29, 1.82) is 0 Å². The molecule has 0 nitrogen and oxygen atoms in total. The number of rotatable bonds is 2. The Hall–Kier alpha value is 0.350. The molecule has 180 valence electrons. The van der Waals surface area contributed by atoms with Gasteiger partial charge in [-0.05, 0) is 72.5 Å². The number of hydrogen-bond acceptors (Lipinski definition) is 0. The van der Waals surface area contributed by atoms with E-state index in [-0.39, 0.29) is 55.5 Å². The molecular formula is C30H56Hf. The molecular weight excluding hydrogens is 539 g/mol. The zero-order valence-electron chi connectivity index (χ0n) is 22.7. The van der Waals surface area contributed by atoms with Gasteiger partial charge >= 0.3 is 25.8 Å². The second-order valence-electron chi connectivity index (χ2n) is 10.4. The summed E-state index contributed by atoms with van der Waals surface area (Å²) in [6.45, 7) is 12.0. The van der Waals surface area contributed by atoms with Crippen molar-refractivity contribution >= 4 is 0 Å². The van der Waals surface area contributed by atoms with Crippen LogP contribution in [0.5, 0.6) is 0 Å². The minimum atomic E-state index is 0. The van der Waals surface area contributed by atoms with Gasteiger partial charge in [0.15, 0.2) is 0 Å². The van der Waals surface area contributed by atoms with Crippen molar-refractivity contribution in [2.45, 2.75) is 86.0 Å². The molecule has 3 unspecified atom stereocenters. The van der Waals surface area contributed by atoms with Gasteiger partial charge < -0.3 is 29.7 Å². The van der Waals surface area contributed by atoms with Crippen LogP contribution in [0.25, 0.3) is 0 Å². The van der Waals surface area contributed by atoms with Gasteiger partial charge in [-0.1, -0.05) is 91.0 Å². The smallest absolute Gasteiger partial charge is 0.358 e. The van der Waals surface area contributed by atoms with E-state index in [1.54, 1.807) is 0 Å². The third-order valence-corrected chi connectivity index (χ3v) is 9.22. The molecule has 0 amide bonds. The normalized spacial score (nSPS) is 38.0. The summed E-state index contributed by atoms with van der Waals surface area (Å²) in [7, 11) is 0. The van der Waals surface area contributed by atoms with Crippen molar-refractivity contribution in [3.05, 3.63) is 54.0 Å². The average molecular weight is 595 g/mol. The second-order valence-corrected chi connectivity index (χ2v) is 10.4. The second kappa shape index (κ2) is 16.9. The van der Waals surface area contributed by atoms with Crippen molar-refractivity contribution in [2.75, 3.05) is 0 Å². The van der Waals surface area contributed by atoms with Crippen LogP contribution in [-0.2, 0) is 25.8 Å². The van der Waals surface area contributed by atoms with Crippen molar-refractivity contribution in [3.8, 4) is 0 Å². The first-order chi connectivity index (χ1) is 12.5. The maximum atomic E-state index is 2.49. The summed E-state index contributed by atoms with van der Waals surface area (Å²) < 4.78 is 0. The van der Waals surface area contributed by atoms with Gasteiger partial charge in [-0.25, -0.2) is 0 Å². The van der Waals surface area contributed by atoms with E-state index in [4.69, 9.17) is 0 Å². The fourth-order valence-electron chi connectivity index (χ4n) is 6.58. The van der Waals surface area contributed by atoms with Crippen LogP contribution in [0.1, 0.15) is 86.0 Å². The Bertz CT molecular complexity index is 442. The molecule has 31 heavy (non-hydrogen) atoms. The molecule has 0 N–H and O–H groups in total. The summed E-state index contributed by atoms with van der Waals surface area (Å²) in [4.78, 5) is 0. The van der Waals surface area contributed by atoms with Gasteiger partial charge in [0.2, 0.25) is 0 Å². The Labute approximate surface area is 218 Å². The van der Waals surface area contributed by atoms with Crippen LogP contribution in [-0.4, -0.2) is 0 Å². The quantitative estimate of drug-likeness (QED) is 0.220. The third kappa shape index (κ3) is 8.90. The Morgan fingerprint density at radius 2 is 1.03 bits per heavy atom. The number of allylic oxidation sites excluding steroid dienone is 4. The van der Waals surface area contributed by atoms with Crippen LogP contribution in [0.15, 0.2) is 24.3 Å². The van der Waals surface area contributed by atoms with E-state index in [1.807, 2.05) is 0 Å².